The van der Waals surface area contributed by atoms with E-state index in [1.807, 2.05) is 0 Å². The Labute approximate surface area is 107 Å². The van der Waals surface area contributed by atoms with Crippen LogP contribution < -0.4 is 5.73 Å². The van der Waals surface area contributed by atoms with E-state index in [0.29, 0.717) is 12.6 Å². The molecule has 4 heteroatoms. The second-order valence-electron chi connectivity index (χ2n) is 5.00. The number of hydrogen-bond acceptors (Lipinski definition) is 2. The molecule has 1 saturated carbocycles. The predicted octanol–water partition coefficient (Wildman–Crippen LogP) is 2.84. The average Bonchev–Trinajstić information content (AvgIpc) is 3.15. The van der Waals surface area contributed by atoms with E-state index in [-0.39, 0.29) is 5.56 Å². The minimum Gasteiger partial charge on any atom is -0.323 e. The highest BCUT2D eigenvalue weighted by molar-refractivity contribution is 5.22. The molecule has 0 spiro atoms. The van der Waals surface area contributed by atoms with Gasteiger partial charge in [-0.25, -0.2) is 8.78 Å². The molecule has 0 aliphatic heterocycles. The molecule has 1 unspecified atom stereocenters. The van der Waals surface area contributed by atoms with Gasteiger partial charge in [0.25, 0.3) is 0 Å². The zero-order valence-electron chi connectivity index (χ0n) is 10.7. The quantitative estimate of drug-likeness (QED) is 0.845. The van der Waals surface area contributed by atoms with Gasteiger partial charge in [-0.2, -0.15) is 0 Å². The number of hydrogen-bond donors (Lipinski definition) is 1. The second-order valence-corrected chi connectivity index (χ2v) is 5.00. The standard InChI is InChI=1S/C14H20F2N2/c1-2-7-18(11-4-5-11)9-14(17)12-8-10(15)3-6-13(12)16/h3,6,8,11,14H,2,4-5,7,9,17H2,1H3. The molecule has 0 radical (unpaired) electrons. The third-order valence-corrected chi connectivity index (χ3v) is 3.36. The molecule has 1 aromatic carbocycles. The fourth-order valence-electron chi connectivity index (χ4n) is 2.30. The summed E-state index contributed by atoms with van der Waals surface area (Å²) < 4.78 is 26.7. The van der Waals surface area contributed by atoms with Gasteiger partial charge in [-0.3, -0.25) is 4.90 Å². The fraction of sp³-hybridized carbons (Fsp3) is 0.571. The van der Waals surface area contributed by atoms with Gasteiger partial charge in [0.05, 0.1) is 0 Å². The molecule has 2 N–H and O–H groups in total. The van der Waals surface area contributed by atoms with Crippen LogP contribution in [0.5, 0.6) is 0 Å². The van der Waals surface area contributed by atoms with Crippen molar-refractivity contribution in [1.82, 2.24) is 4.90 Å². The van der Waals surface area contributed by atoms with E-state index in [4.69, 9.17) is 5.73 Å². The number of nitrogens with zero attached hydrogens (tertiary/aromatic N) is 1. The Kier molecular flexibility index (Phi) is 4.30. The highest BCUT2D eigenvalue weighted by Crippen LogP contribution is 2.29. The third-order valence-electron chi connectivity index (χ3n) is 3.36. The molecule has 18 heavy (non-hydrogen) atoms. The van der Waals surface area contributed by atoms with Gasteiger partial charge in [0.15, 0.2) is 0 Å². The van der Waals surface area contributed by atoms with Gasteiger partial charge < -0.3 is 5.73 Å². The largest absolute Gasteiger partial charge is 0.323 e. The topological polar surface area (TPSA) is 29.3 Å². The number of benzene rings is 1. The van der Waals surface area contributed by atoms with Crippen molar-refractivity contribution in [3.05, 3.63) is 35.4 Å². The molecule has 2 nitrogen and oxygen atoms in total. The molecule has 1 aliphatic rings. The highest BCUT2D eigenvalue weighted by atomic mass is 19.1. The van der Waals surface area contributed by atoms with Crippen molar-refractivity contribution < 1.29 is 8.78 Å². The summed E-state index contributed by atoms with van der Waals surface area (Å²) >= 11 is 0. The first kappa shape index (κ1) is 13.4. The molecule has 0 bridgehead atoms. The van der Waals surface area contributed by atoms with Gasteiger partial charge in [-0.1, -0.05) is 6.92 Å². The van der Waals surface area contributed by atoms with Gasteiger partial charge in [0.1, 0.15) is 11.6 Å². The smallest absolute Gasteiger partial charge is 0.128 e. The number of rotatable bonds is 6. The lowest BCUT2D eigenvalue weighted by atomic mass is 10.1. The molecule has 1 aliphatic carbocycles. The van der Waals surface area contributed by atoms with Crippen molar-refractivity contribution in [2.24, 2.45) is 5.73 Å². The van der Waals surface area contributed by atoms with Crippen LogP contribution in [-0.4, -0.2) is 24.0 Å². The Hall–Kier alpha value is -1.00. The number of halogens is 2. The lowest BCUT2D eigenvalue weighted by Crippen LogP contribution is -2.35. The zero-order chi connectivity index (χ0) is 13.1. The summed E-state index contributed by atoms with van der Waals surface area (Å²) in [6.07, 6.45) is 3.44. The van der Waals surface area contributed by atoms with E-state index >= 15 is 0 Å². The van der Waals surface area contributed by atoms with Crippen LogP contribution in [0.3, 0.4) is 0 Å². The molecule has 0 amide bonds. The summed E-state index contributed by atoms with van der Waals surface area (Å²) in [5, 5.41) is 0. The number of nitrogens with two attached hydrogens (primary N) is 1. The average molecular weight is 254 g/mol. The molecule has 100 valence electrons. The van der Waals surface area contributed by atoms with Crippen LogP contribution in [0, 0.1) is 11.6 Å². The molecule has 0 aromatic heterocycles. The van der Waals surface area contributed by atoms with Gasteiger partial charge in [-0.05, 0) is 44.0 Å². The third kappa shape index (κ3) is 3.27. The maximum atomic E-state index is 13.6. The van der Waals surface area contributed by atoms with Crippen LogP contribution >= 0.6 is 0 Å². The van der Waals surface area contributed by atoms with Gasteiger partial charge in [0.2, 0.25) is 0 Å². The molecule has 0 heterocycles. The van der Waals surface area contributed by atoms with Crippen LogP contribution in [0.4, 0.5) is 8.78 Å². The van der Waals surface area contributed by atoms with Gasteiger partial charge >= 0.3 is 0 Å². The molecule has 0 saturated heterocycles. The van der Waals surface area contributed by atoms with E-state index in [1.165, 1.54) is 18.9 Å². The van der Waals surface area contributed by atoms with Crippen LogP contribution in [-0.2, 0) is 0 Å². The lowest BCUT2D eigenvalue weighted by molar-refractivity contribution is 0.246. The Morgan fingerprint density at radius 1 is 1.39 bits per heavy atom. The maximum Gasteiger partial charge on any atom is 0.128 e. The second kappa shape index (κ2) is 5.76. The molecule has 1 aromatic rings. The predicted molar refractivity (Wildman–Crippen MR) is 68.2 cm³/mol. The molecular weight excluding hydrogens is 234 g/mol. The van der Waals surface area contributed by atoms with Crippen LogP contribution in [0.15, 0.2) is 18.2 Å². The zero-order valence-corrected chi connectivity index (χ0v) is 10.7. The van der Waals surface area contributed by atoms with E-state index in [1.54, 1.807) is 0 Å². The Morgan fingerprint density at radius 3 is 2.72 bits per heavy atom. The van der Waals surface area contributed by atoms with E-state index in [0.717, 1.165) is 25.1 Å². The molecular formula is C14H20F2N2. The van der Waals surface area contributed by atoms with E-state index in [2.05, 4.69) is 11.8 Å². The molecule has 1 atom stereocenters. The van der Waals surface area contributed by atoms with Crippen LogP contribution in [0.2, 0.25) is 0 Å². The summed E-state index contributed by atoms with van der Waals surface area (Å²) in [6, 6.07) is 3.60. The van der Waals surface area contributed by atoms with Crippen molar-refractivity contribution in [2.45, 2.75) is 38.3 Å². The first-order chi connectivity index (χ1) is 8.61. The summed E-state index contributed by atoms with van der Waals surface area (Å²) in [6.45, 7) is 3.68. The van der Waals surface area contributed by atoms with Crippen LogP contribution in [0.25, 0.3) is 0 Å². The van der Waals surface area contributed by atoms with Crippen molar-refractivity contribution >= 4 is 0 Å². The van der Waals surface area contributed by atoms with Crippen molar-refractivity contribution in [1.29, 1.82) is 0 Å². The molecule has 1 fully saturated rings. The lowest BCUT2D eigenvalue weighted by Gasteiger charge is -2.25. The van der Waals surface area contributed by atoms with Gasteiger partial charge in [0, 0.05) is 24.2 Å². The Balaban J connectivity index is 2.05. The van der Waals surface area contributed by atoms with Crippen molar-refractivity contribution in [3.63, 3.8) is 0 Å². The normalized spacial score (nSPS) is 17.2. The summed E-state index contributed by atoms with van der Waals surface area (Å²) in [7, 11) is 0. The van der Waals surface area contributed by atoms with Crippen LogP contribution in [0.1, 0.15) is 37.8 Å². The van der Waals surface area contributed by atoms with E-state index < -0.39 is 17.7 Å². The minimum atomic E-state index is -0.465. The van der Waals surface area contributed by atoms with E-state index in [9.17, 15) is 8.78 Å². The first-order valence-corrected chi connectivity index (χ1v) is 6.56. The summed E-state index contributed by atoms with van der Waals surface area (Å²) in [5.41, 5.74) is 6.29. The molecule has 2 rings (SSSR count). The SMILES string of the molecule is CCCN(CC(N)c1cc(F)ccc1F)C1CC1. The Bertz CT molecular complexity index is 405. The highest BCUT2D eigenvalue weighted by Gasteiger charge is 2.29. The Morgan fingerprint density at radius 2 is 2.11 bits per heavy atom. The van der Waals surface area contributed by atoms with Crippen molar-refractivity contribution in [2.75, 3.05) is 13.1 Å². The monoisotopic (exact) mass is 254 g/mol. The fourth-order valence-corrected chi connectivity index (χ4v) is 2.30. The van der Waals surface area contributed by atoms with Gasteiger partial charge in [-0.15, -0.1) is 0 Å². The summed E-state index contributed by atoms with van der Waals surface area (Å²) in [5.74, 6) is -0.855. The minimum absolute atomic E-state index is 0.275. The first-order valence-electron chi connectivity index (χ1n) is 6.56. The van der Waals surface area contributed by atoms with Crippen molar-refractivity contribution in [3.8, 4) is 0 Å². The summed E-state index contributed by atoms with van der Waals surface area (Å²) in [4.78, 5) is 2.29. The maximum absolute atomic E-state index is 13.6.